The van der Waals surface area contributed by atoms with Gasteiger partial charge in [0.2, 0.25) is 0 Å². The predicted octanol–water partition coefficient (Wildman–Crippen LogP) is 3.51. The smallest absolute Gasteiger partial charge is 0.119 e. The summed E-state index contributed by atoms with van der Waals surface area (Å²) in [7, 11) is 0. The van der Waals surface area contributed by atoms with E-state index in [4.69, 9.17) is 9.47 Å². The zero-order valence-corrected chi connectivity index (χ0v) is 10.4. The number of rotatable bonds is 4. The van der Waals surface area contributed by atoms with Gasteiger partial charge in [-0.1, -0.05) is 42.5 Å². The Labute approximate surface area is 107 Å². The molecule has 0 aromatic heterocycles. The van der Waals surface area contributed by atoms with Gasteiger partial charge in [-0.05, 0) is 30.2 Å². The second-order valence-corrected chi connectivity index (χ2v) is 4.82. The second-order valence-electron chi connectivity index (χ2n) is 4.82. The second kappa shape index (κ2) is 4.46. The molecule has 2 heteroatoms. The fourth-order valence-electron chi connectivity index (χ4n) is 1.92. The molecule has 1 saturated heterocycles. The Morgan fingerprint density at radius 3 is 2.33 bits per heavy atom. The third kappa shape index (κ3) is 2.39. The van der Waals surface area contributed by atoms with Gasteiger partial charge in [-0.3, -0.25) is 0 Å². The summed E-state index contributed by atoms with van der Waals surface area (Å²) in [6.45, 7) is 3.53. The first-order valence-electron chi connectivity index (χ1n) is 6.17. The van der Waals surface area contributed by atoms with Gasteiger partial charge in [-0.15, -0.1) is 0 Å². The molecule has 0 spiro atoms. The van der Waals surface area contributed by atoms with E-state index in [9.17, 15) is 0 Å². The first-order chi connectivity index (χ1) is 8.76. The molecule has 0 N–H and O–H groups in total. The molecule has 0 radical (unpaired) electrons. The SMILES string of the molecule is CC1(c2ccc(OCc3ccccc3)cc2)CO1. The number of ether oxygens (including phenoxy) is 2. The maximum absolute atomic E-state index is 5.74. The first kappa shape index (κ1) is 11.3. The minimum absolute atomic E-state index is 0.0576. The summed E-state index contributed by atoms with van der Waals surface area (Å²) in [5, 5.41) is 0. The molecule has 18 heavy (non-hydrogen) atoms. The van der Waals surface area contributed by atoms with Crippen molar-refractivity contribution in [3.8, 4) is 5.75 Å². The Hall–Kier alpha value is -1.80. The van der Waals surface area contributed by atoms with Gasteiger partial charge in [0, 0.05) is 0 Å². The molecule has 1 aliphatic rings. The monoisotopic (exact) mass is 240 g/mol. The van der Waals surface area contributed by atoms with Crippen LogP contribution in [0.3, 0.4) is 0 Å². The highest BCUT2D eigenvalue weighted by Gasteiger charge is 2.40. The van der Waals surface area contributed by atoms with Crippen molar-refractivity contribution in [1.82, 2.24) is 0 Å². The fraction of sp³-hybridized carbons (Fsp3) is 0.250. The largest absolute Gasteiger partial charge is 0.489 e. The molecule has 1 heterocycles. The summed E-state index contributed by atoms with van der Waals surface area (Å²) >= 11 is 0. The molecule has 0 aliphatic carbocycles. The molecule has 2 nitrogen and oxygen atoms in total. The molecule has 0 saturated carbocycles. The van der Waals surface area contributed by atoms with Gasteiger partial charge >= 0.3 is 0 Å². The summed E-state index contributed by atoms with van der Waals surface area (Å²) in [5.74, 6) is 0.895. The Bertz CT molecular complexity index is 513. The van der Waals surface area contributed by atoms with Gasteiger partial charge in [0.05, 0.1) is 6.61 Å². The van der Waals surface area contributed by atoms with Crippen LogP contribution in [0.15, 0.2) is 54.6 Å². The highest BCUT2D eigenvalue weighted by Crippen LogP contribution is 2.38. The standard InChI is InChI=1S/C16H16O2/c1-16(12-18-16)14-7-9-15(10-8-14)17-11-13-5-3-2-4-6-13/h2-10H,11-12H2,1H3. The minimum atomic E-state index is -0.0576. The summed E-state index contributed by atoms with van der Waals surface area (Å²) < 4.78 is 11.1. The summed E-state index contributed by atoms with van der Waals surface area (Å²) in [4.78, 5) is 0. The molecule has 3 rings (SSSR count). The average Bonchev–Trinajstić information content (AvgIpc) is 3.17. The Morgan fingerprint density at radius 2 is 1.72 bits per heavy atom. The quantitative estimate of drug-likeness (QED) is 0.763. The lowest BCUT2D eigenvalue weighted by atomic mass is 10.0. The number of hydrogen-bond donors (Lipinski definition) is 0. The molecule has 2 aromatic carbocycles. The van der Waals surface area contributed by atoms with Gasteiger partial charge in [0.1, 0.15) is 18.0 Å². The van der Waals surface area contributed by atoms with Crippen LogP contribution in [-0.4, -0.2) is 6.61 Å². The molecule has 1 fully saturated rings. The topological polar surface area (TPSA) is 21.8 Å². The van der Waals surface area contributed by atoms with Crippen molar-refractivity contribution in [2.24, 2.45) is 0 Å². The van der Waals surface area contributed by atoms with Crippen molar-refractivity contribution in [1.29, 1.82) is 0 Å². The number of benzene rings is 2. The lowest BCUT2D eigenvalue weighted by Crippen LogP contribution is -2.01. The van der Waals surface area contributed by atoms with E-state index in [1.807, 2.05) is 30.3 Å². The van der Waals surface area contributed by atoms with Crippen LogP contribution in [0.2, 0.25) is 0 Å². The van der Waals surface area contributed by atoms with Crippen molar-refractivity contribution in [2.75, 3.05) is 6.61 Å². The molecule has 92 valence electrons. The van der Waals surface area contributed by atoms with E-state index in [2.05, 4.69) is 31.2 Å². The minimum Gasteiger partial charge on any atom is -0.489 e. The van der Waals surface area contributed by atoms with Crippen LogP contribution >= 0.6 is 0 Å². The van der Waals surface area contributed by atoms with Gasteiger partial charge in [0.15, 0.2) is 0 Å². The van der Waals surface area contributed by atoms with Crippen LogP contribution in [0.4, 0.5) is 0 Å². The van der Waals surface area contributed by atoms with E-state index >= 15 is 0 Å². The van der Waals surface area contributed by atoms with Crippen molar-refractivity contribution in [3.05, 3.63) is 65.7 Å². The van der Waals surface area contributed by atoms with Crippen LogP contribution in [-0.2, 0) is 16.9 Å². The van der Waals surface area contributed by atoms with E-state index < -0.39 is 0 Å². The lowest BCUT2D eigenvalue weighted by Gasteiger charge is -2.09. The van der Waals surface area contributed by atoms with Crippen molar-refractivity contribution < 1.29 is 9.47 Å². The van der Waals surface area contributed by atoms with E-state index in [0.29, 0.717) is 6.61 Å². The van der Waals surface area contributed by atoms with Crippen molar-refractivity contribution in [2.45, 2.75) is 19.1 Å². The third-order valence-electron chi connectivity index (χ3n) is 3.29. The summed E-state index contributed by atoms with van der Waals surface area (Å²) in [5.41, 5.74) is 2.34. The van der Waals surface area contributed by atoms with Crippen LogP contribution in [0.1, 0.15) is 18.1 Å². The van der Waals surface area contributed by atoms with Gasteiger partial charge in [-0.25, -0.2) is 0 Å². The normalized spacial score (nSPS) is 21.6. The van der Waals surface area contributed by atoms with Crippen LogP contribution in [0.5, 0.6) is 5.75 Å². The van der Waals surface area contributed by atoms with Gasteiger partial charge in [-0.2, -0.15) is 0 Å². The number of hydrogen-bond acceptors (Lipinski definition) is 2. The van der Waals surface area contributed by atoms with Crippen molar-refractivity contribution in [3.63, 3.8) is 0 Å². The lowest BCUT2D eigenvalue weighted by molar-refractivity contribution is 0.305. The summed E-state index contributed by atoms with van der Waals surface area (Å²) in [6.07, 6.45) is 0. The van der Waals surface area contributed by atoms with E-state index in [0.717, 1.165) is 12.4 Å². The average molecular weight is 240 g/mol. The third-order valence-corrected chi connectivity index (χ3v) is 3.29. The van der Waals surface area contributed by atoms with Crippen LogP contribution in [0, 0.1) is 0 Å². The predicted molar refractivity (Wildman–Crippen MR) is 70.5 cm³/mol. The van der Waals surface area contributed by atoms with E-state index in [1.165, 1.54) is 11.1 Å². The molecule has 1 unspecified atom stereocenters. The van der Waals surface area contributed by atoms with Crippen molar-refractivity contribution >= 4 is 0 Å². The van der Waals surface area contributed by atoms with Crippen LogP contribution in [0.25, 0.3) is 0 Å². The molecule has 0 amide bonds. The fourth-order valence-corrected chi connectivity index (χ4v) is 1.92. The Kier molecular flexibility index (Phi) is 2.80. The zero-order chi connectivity index (χ0) is 12.4. The van der Waals surface area contributed by atoms with Gasteiger partial charge in [0.25, 0.3) is 0 Å². The zero-order valence-electron chi connectivity index (χ0n) is 10.4. The molecule has 1 aliphatic heterocycles. The molecule has 0 bridgehead atoms. The molecule has 1 atom stereocenters. The Balaban J connectivity index is 1.63. The van der Waals surface area contributed by atoms with Gasteiger partial charge < -0.3 is 9.47 Å². The molecular weight excluding hydrogens is 224 g/mol. The maximum atomic E-state index is 5.74. The molecular formula is C16H16O2. The first-order valence-corrected chi connectivity index (χ1v) is 6.17. The van der Waals surface area contributed by atoms with Crippen LogP contribution < -0.4 is 4.74 Å². The molecule has 2 aromatic rings. The highest BCUT2D eigenvalue weighted by atomic mass is 16.6. The van der Waals surface area contributed by atoms with E-state index in [1.54, 1.807) is 0 Å². The summed E-state index contributed by atoms with van der Waals surface area (Å²) in [6, 6.07) is 18.3. The highest BCUT2D eigenvalue weighted by molar-refractivity contribution is 5.32. The van der Waals surface area contributed by atoms with E-state index in [-0.39, 0.29) is 5.60 Å². The number of epoxide rings is 1. The maximum Gasteiger partial charge on any atom is 0.119 e. The Morgan fingerprint density at radius 1 is 1.06 bits per heavy atom.